The third-order valence-electron chi connectivity index (χ3n) is 7.44. The number of hydrogen-bond donors (Lipinski definition) is 2. The van der Waals surface area contributed by atoms with Crippen LogP contribution in [0.5, 0.6) is 0 Å². The van der Waals surface area contributed by atoms with Crippen molar-refractivity contribution in [3.8, 4) is 11.3 Å². The largest absolute Gasteiger partial charge is 0.343 e. The maximum Gasteiger partial charge on any atom is 0.274 e. The molecule has 210 valence electrons. The molecule has 5 rings (SSSR count). The zero-order valence-corrected chi connectivity index (χ0v) is 23.7. The van der Waals surface area contributed by atoms with Crippen LogP contribution in [0.2, 0.25) is 0 Å². The normalized spacial score (nSPS) is 12.3. The van der Waals surface area contributed by atoms with Gasteiger partial charge in [0.25, 0.3) is 11.5 Å². The van der Waals surface area contributed by atoms with E-state index in [0.717, 1.165) is 33.9 Å². The smallest absolute Gasteiger partial charge is 0.274 e. The molecule has 0 aliphatic heterocycles. The predicted molar refractivity (Wildman–Crippen MR) is 160 cm³/mol. The predicted octanol–water partition coefficient (Wildman–Crippen LogP) is 4.66. The van der Waals surface area contributed by atoms with E-state index in [2.05, 4.69) is 20.4 Å². The van der Waals surface area contributed by atoms with Gasteiger partial charge in [-0.3, -0.25) is 19.5 Å². The minimum absolute atomic E-state index is 0.137. The second-order valence-electron chi connectivity index (χ2n) is 10.5. The van der Waals surface area contributed by atoms with E-state index in [-0.39, 0.29) is 35.7 Å². The number of nitrogens with zero attached hydrogens (tertiary/aromatic N) is 4. The molecule has 0 saturated carbocycles. The molecule has 5 aromatic rings. The summed E-state index contributed by atoms with van der Waals surface area (Å²) in [6.45, 7) is 9.25. The number of carbonyl (C=O) groups is 2. The number of fused-ring (bicyclic) bond motifs is 2. The van der Waals surface area contributed by atoms with Crippen molar-refractivity contribution in [1.29, 1.82) is 0 Å². The summed E-state index contributed by atoms with van der Waals surface area (Å²) in [6, 6.07) is 17.2. The van der Waals surface area contributed by atoms with Gasteiger partial charge < -0.3 is 15.1 Å². The minimum Gasteiger partial charge on any atom is -0.343 e. The molecule has 2 N–H and O–H groups in total. The van der Waals surface area contributed by atoms with Gasteiger partial charge in [-0.1, -0.05) is 63.2 Å². The van der Waals surface area contributed by atoms with Gasteiger partial charge in [-0.25, -0.2) is 4.52 Å². The summed E-state index contributed by atoms with van der Waals surface area (Å²) in [5, 5.41) is 8.76. The lowest BCUT2D eigenvalue weighted by atomic mass is 10.0. The summed E-state index contributed by atoms with van der Waals surface area (Å²) in [5.41, 5.74) is 4.97. The quantitative estimate of drug-likeness (QED) is 0.245. The second kappa shape index (κ2) is 11.9. The zero-order chi connectivity index (χ0) is 29.1. The Balaban J connectivity index is 1.56. The maximum absolute atomic E-state index is 13.8. The van der Waals surface area contributed by atoms with Gasteiger partial charge in [0.1, 0.15) is 11.8 Å². The van der Waals surface area contributed by atoms with Crippen LogP contribution in [0, 0.1) is 6.92 Å². The van der Waals surface area contributed by atoms with Crippen LogP contribution < -0.4 is 10.9 Å². The van der Waals surface area contributed by atoms with Crippen LogP contribution in [0.1, 0.15) is 59.9 Å². The number of amides is 1. The van der Waals surface area contributed by atoms with Gasteiger partial charge in [0.2, 0.25) is 0 Å². The number of pyridine rings is 1. The number of hydrogen-bond acceptors (Lipinski definition) is 6. The highest BCUT2D eigenvalue weighted by Crippen LogP contribution is 2.27. The Morgan fingerprint density at radius 3 is 2.63 bits per heavy atom. The molecule has 9 nitrogen and oxygen atoms in total. The van der Waals surface area contributed by atoms with E-state index < -0.39 is 0 Å². The summed E-state index contributed by atoms with van der Waals surface area (Å²) in [5.74, 6) is -0.514. The van der Waals surface area contributed by atoms with Crippen molar-refractivity contribution in [2.45, 2.75) is 39.7 Å². The number of benzene rings is 2. The lowest BCUT2D eigenvalue weighted by Crippen LogP contribution is -2.39. The molecular formula is C32H34N6O3. The molecule has 1 unspecified atom stereocenters. The second-order valence-corrected chi connectivity index (χ2v) is 10.5. The van der Waals surface area contributed by atoms with Gasteiger partial charge in [0.15, 0.2) is 5.69 Å². The third-order valence-corrected chi connectivity index (χ3v) is 7.44. The van der Waals surface area contributed by atoms with Crippen molar-refractivity contribution in [1.82, 2.24) is 29.8 Å². The molecule has 0 saturated heterocycles. The van der Waals surface area contributed by atoms with Crippen molar-refractivity contribution in [2.24, 2.45) is 0 Å². The third kappa shape index (κ3) is 5.67. The first kappa shape index (κ1) is 27.9. The Bertz CT molecular complexity index is 1770. The van der Waals surface area contributed by atoms with Crippen LogP contribution in [0.3, 0.4) is 0 Å². The molecule has 9 heteroatoms. The molecular weight excluding hydrogens is 516 g/mol. The lowest BCUT2D eigenvalue weighted by molar-refractivity contribution is -0.108. The van der Waals surface area contributed by atoms with Crippen LogP contribution in [-0.2, 0) is 4.79 Å². The fourth-order valence-electron chi connectivity index (χ4n) is 5.25. The highest BCUT2D eigenvalue weighted by atomic mass is 16.2. The van der Waals surface area contributed by atoms with E-state index in [1.807, 2.05) is 87.2 Å². The number of rotatable bonds is 10. The van der Waals surface area contributed by atoms with Crippen LogP contribution in [0.15, 0.2) is 71.8 Å². The van der Waals surface area contributed by atoms with E-state index in [9.17, 15) is 14.4 Å². The van der Waals surface area contributed by atoms with Gasteiger partial charge in [-0.15, -0.1) is 0 Å². The number of aldehydes is 1. The molecule has 1 atom stereocenters. The van der Waals surface area contributed by atoms with Crippen LogP contribution in [-0.4, -0.2) is 56.3 Å². The highest BCUT2D eigenvalue weighted by molar-refractivity contribution is 5.96. The monoisotopic (exact) mass is 550 g/mol. The van der Waals surface area contributed by atoms with Gasteiger partial charge in [-0.05, 0) is 42.6 Å². The Morgan fingerprint density at radius 1 is 1.15 bits per heavy atom. The fourth-order valence-corrected chi connectivity index (χ4v) is 5.25. The van der Waals surface area contributed by atoms with Crippen molar-refractivity contribution in [2.75, 3.05) is 19.6 Å². The molecule has 0 fully saturated rings. The molecule has 2 aromatic carbocycles. The number of aromatic amines is 1. The summed E-state index contributed by atoms with van der Waals surface area (Å²) in [4.78, 5) is 48.0. The standard InChI is InChI=1S/C32H34N6O3/c1-5-37(14-15-39)18-26(22-11-7-6-8-12-22)34-31(40)29-28(20(2)3)30-32(41)35-27(19-38(30)36-29)23-16-24-21(4)10-9-13-25(24)33-17-23/h6-13,15-17,19-20,26H,5,14,18H2,1-4H3,(H,34,40)(H,35,41). The van der Waals surface area contributed by atoms with Crippen LogP contribution >= 0.6 is 0 Å². The molecule has 0 aliphatic rings. The lowest BCUT2D eigenvalue weighted by Gasteiger charge is -2.26. The summed E-state index contributed by atoms with van der Waals surface area (Å²) < 4.78 is 1.50. The maximum atomic E-state index is 13.8. The molecule has 0 radical (unpaired) electrons. The van der Waals surface area contributed by atoms with Crippen molar-refractivity contribution >= 4 is 28.6 Å². The number of carbonyl (C=O) groups excluding carboxylic acids is 2. The van der Waals surface area contributed by atoms with Crippen molar-refractivity contribution in [3.05, 3.63) is 99.7 Å². The molecule has 0 spiro atoms. The number of nitrogens with one attached hydrogen (secondary N) is 2. The minimum atomic E-state index is -0.380. The van der Waals surface area contributed by atoms with E-state index in [0.29, 0.717) is 29.9 Å². The molecule has 3 heterocycles. The van der Waals surface area contributed by atoms with Gasteiger partial charge in [-0.2, -0.15) is 5.10 Å². The highest BCUT2D eigenvalue weighted by Gasteiger charge is 2.27. The fraction of sp³-hybridized carbons (Fsp3) is 0.281. The summed E-state index contributed by atoms with van der Waals surface area (Å²) >= 11 is 0. The van der Waals surface area contributed by atoms with Crippen LogP contribution in [0.25, 0.3) is 27.7 Å². The van der Waals surface area contributed by atoms with E-state index in [1.165, 1.54) is 4.52 Å². The average molecular weight is 551 g/mol. The zero-order valence-electron chi connectivity index (χ0n) is 23.7. The summed E-state index contributed by atoms with van der Waals surface area (Å²) in [6.07, 6.45) is 4.32. The molecule has 3 aromatic heterocycles. The number of H-pyrrole nitrogens is 1. The van der Waals surface area contributed by atoms with Crippen LogP contribution in [0.4, 0.5) is 0 Å². The Labute approximate surface area is 238 Å². The van der Waals surface area contributed by atoms with E-state index >= 15 is 0 Å². The Morgan fingerprint density at radius 2 is 1.93 bits per heavy atom. The average Bonchev–Trinajstić information content (AvgIpc) is 3.38. The van der Waals surface area contributed by atoms with Crippen molar-refractivity contribution < 1.29 is 9.59 Å². The Hall–Kier alpha value is -4.63. The molecule has 0 bridgehead atoms. The van der Waals surface area contributed by atoms with Gasteiger partial charge in [0.05, 0.1) is 30.0 Å². The first-order valence-corrected chi connectivity index (χ1v) is 13.8. The SMILES string of the molecule is CCN(CC=O)CC(NC(=O)c1nn2cc(-c3cnc4cccc(C)c4c3)[nH]c(=O)c2c1C(C)C)c1ccccc1. The van der Waals surface area contributed by atoms with E-state index in [1.54, 1.807) is 12.4 Å². The Kier molecular flexibility index (Phi) is 8.07. The first-order chi connectivity index (χ1) is 19.8. The van der Waals surface area contributed by atoms with Crippen molar-refractivity contribution in [3.63, 3.8) is 0 Å². The topological polar surface area (TPSA) is 112 Å². The number of aromatic nitrogens is 4. The molecule has 41 heavy (non-hydrogen) atoms. The summed E-state index contributed by atoms with van der Waals surface area (Å²) in [7, 11) is 0. The first-order valence-electron chi connectivity index (χ1n) is 13.8. The van der Waals surface area contributed by atoms with Gasteiger partial charge >= 0.3 is 0 Å². The molecule has 1 amide bonds. The van der Waals surface area contributed by atoms with E-state index in [4.69, 9.17) is 0 Å². The molecule has 0 aliphatic carbocycles. The number of aryl methyl sites for hydroxylation is 1. The van der Waals surface area contributed by atoms with Gasteiger partial charge in [0, 0.05) is 29.3 Å². The number of likely N-dealkylation sites (N-methyl/N-ethyl adjacent to an activating group) is 1.